The van der Waals surface area contributed by atoms with Gasteiger partial charge in [-0.3, -0.25) is 4.79 Å². The van der Waals surface area contributed by atoms with Crippen molar-refractivity contribution in [2.45, 2.75) is 6.92 Å². The first kappa shape index (κ1) is 21.8. The second kappa shape index (κ2) is 9.43. The van der Waals surface area contributed by atoms with Crippen LogP contribution in [0.2, 0.25) is 0 Å². The van der Waals surface area contributed by atoms with Gasteiger partial charge in [-0.25, -0.2) is 4.68 Å². The molecule has 5 rings (SSSR count). The van der Waals surface area contributed by atoms with Crippen molar-refractivity contribution in [3.8, 4) is 22.7 Å². The predicted octanol–water partition coefficient (Wildman–Crippen LogP) is 4.82. The summed E-state index contributed by atoms with van der Waals surface area (Å²) in [5.74, 6) is 0.849. The Hall–Kier alpha value is -4.06. The van der Waals surface area contributed by atoms with Crippen LogP contribution in [0.1, 0.15) is 16.1 Å². The number of amides is 1. The number of ether oxygens (including phenoxy) is 1. The van der Waals surface area contributed by atoms with E-state index in [9.17, 15) is 4.79 Å². The first-order valence-corrected chi connectivity index (χ1v) is 11.5. The van der Waals surface area contributed by atoms with E-state index in [2.05, 4.69) is 17.9 Å². The Bertz CT molecular complexity index is 1270. The Labute approximate surface area is 200 Å². The molecule has 4 aromatic rings. The van der Waals surface area contributed by atoms with Crippen molar-refractivity contribution in [2.75, 3.05) is 38.2 Å². The molecular weight excluding hydrogens is 424 g/mol. The number of para-hydroxylation sites is 2. The van der Waals surface area contributed by atoms with Crippen LogP contribution >= 0.6 is 0 Å². The predicted molar refractivity (Wildman–Crippen MR) is 135 cm³/mol. The molecule has 1 fully saturated rings. The molecule has 1 aliphatic rings. The molecule has 0 radical (unpaired) electrons. The molecule has 6 heteroatoms. The quantitative estimate of drug-likeness (QED) is 0.436. The van der Waals surface area contributed by atoms with Crippen LogP contribution in [0.25, 0.3) is 16.9 Å². The summed E-state index contributed by atoms with van der Waals surface area (Å²) >= 11 is 0. The molecule has 1 saturated heterocycles. The zero-order chi connectivity index (χ0) is 23.5. The van der Waals surface area contributed by atoms with Gasteiger partial charge in [0.1, 0.15) is 11.4 Å². The molecule has 0 unspecified atom stereocenters. The van der Waals surface area contributed by atoms with Gasteiger partial charge in [-0.1, -0.05) is 60.2 Å². The minimum Gasteiger partial charge on any atom is -0.495 e. The van der Waals surface area contributed by atoms with Crippen LogP contribution in [0.4, 0.5) is 5.69 Å². The van der Waals surface area contributed by atoms with Gasteiger partial charge in [0.2, 0.25) is 0 Å². The van der Waals surface area contributed by atoms with Crippen molar-refractivity contribution in [3.05, 3.63) is 96.2 Å². The van der Waals surface area contributed by atoms with Crippen molar-refractivity contribution in [2.24, 2.45) is 0 Å². The molecule has 0 saturated carbocycles. The number of carbonyl (C=O) groups excluding carboxylic acids is 1. The van der Waals surface area contributed by atoms with E-state index in [1.54, 1.807) is 11.8 Å². The van der Waals surface area contributed by atoms with E-state index in [0.29, 0.717) is 18.8 Å². The zero-order valence-electron chi connectivity index (χ0n) is 19.5. The topological polar surface area (TPSA) is 50.6 Å². The smallest absolute Gasteiger partial charge is 0.272 e. The molecule has 1 aliphatic heterocycles. The molecule has 34 heavy (non-hydrogen) atoms. The van der Waals surface area contributed by atoms with E-state index in [1.807, 2.05) is 83.8 Å². The maximum atomic E-state index is 13.7. The summed E-state index contributed by atoms with van der Waals surface area (Å²) < 4.78 is 7.30. The highest BCUT2D eigenvalue weighted by Crippen LogP contribution is 2.29. The summed E-state index contributed by atoms with van der Waals surface area (Å²) in [6.45, 7) is 4.81. The summed E-state index contributed by atoms with van der Waals surface area (Å²) in [4.78, 5) is 17.9. The fraction of sp³-hybridized carbons (Fsp3) is 0.214. The van der Waals surface area contributed by atoms with Gasteiger partial charge in [-0.15, -0.1) is 0 Å². The molecular formula is C28H28N4O2. The summed E-state index contributed by atoms with van der Waals surface area (Å²) in [7, 11) is 1.69. The second-order valence-electron chi connectivity index (χ2n) is 8.48. The molecule has 0 atom stereocenters. The lowest BCUT2D eigenvalue weighted by Crippen LogP contribution is -2.49. The van der Waals surface area contributed by atoms with Crippen LogP contribution in [0.5, 0.6) is 5.75 Å². The number of rotatable bonds is 5. The summed E-state index contributed by atoms with van der Waals surface area (Å²) in [6, 6.07) is 28.0. The maximum Gasteiger partial charge on any atom is 0.272 e. The summed E-state index contributed by atoms with van der Waals surface area (Å²) in [6.07, 6.45) is 0. The summed E-state index contributed by atoms with van der Waals surface area (Å²) in [5.41, 5.74) is 5.46. The van der Waals surface area contributed by atoms with Gasteiger partial charge in [0, 0.05) is 31.7 Å². The normalized spacial score (nSPS) is 13.7. The lowest BCUT2D eigenvalue weighted by atomic mass is 10.1. The third-order valence-corrected chi connectivity index (χ3v) is 6.27. The number of benzene rings is 3. The fourth-order valence-corrected chi connectivity index (χ4v) is 4.37. The Balaban J connectivity index is 1.42. The molecule has 1 amide bonds. The molecule has 3 aromatic carbocycles. The number of methoxy groups -OCH3 is 1. The van der Waals surface area contributed by atoms with E-state index >= 15 is 0 Å². The number of hydrogen-bond donors (Lipinski definition) is 0. The van der Waals surface area contributed by atoms with Gasteiger partial charge < -0.3 is 14.5 Å². The standard InChI is InChI=1S/C28H28N4O2/c1-21-12-14-23(15-13-21)32-26(20-24(29-32)22-8-4-3-5-9-22)28(33)31-18-16-30(17-19-31)25-10-6-7-11-27(25)34-2/h3-15,20H,16-19H2,1-2H3. The monoisotopic (exact) mass is 452 g/mol. The lowest BCUT2D eigenvalue weighted by molar-refractivity contribution is 0.0737. The van der Waals surface area contributed by atoms with Gasteiger partial charge in [-0.05, 0) is 37.3 Å². The molecule has 0 bridgehead atoms. The molecule has 6 nitrogen and oxygen atoms in total. The number of aryl methyl sites for hydroxylation is 1. The molecule has 0 aliphatic carbocycles. The largest absolute Gasteiger partial charge is 0.495 e. The minimum atomic E-state index is -0.00469. The fourth-order valence-electron chi connectivity index (χ4n) is 4.37. The van der Waals surface area contributed by atoms with E-state index in [-0.39, 0.29) is 5.91 Å². The number of nitrogens with zero attached hydrogens (tertiary/aromatic N) is 4. The summed E-state index contributed by atoms with van der Waals surface area (Å²) in [5, 5.41) is 4.82. The SMILES string of the molecule is COc1ccccc1N1CCN(C(=O)c2cc(-c3ccccc3)nn2-c2ccc(C)cc2)CC1. The van der Waals surface area contributed by atoms with Crippen molar-refractivity contribution in [1.29, 1.82) is 0 Å². The van der Waals surface area contributed by atoms with Crippen molar-refractivity contribution in [1.82, 2.24) is 14.7 Å². The van der Waals surface area contributed by atoms with Crippen LogP contribution in [-0.2, 0) is 0 Å². The number of aromatic nitrogens is 2. The van der Waals surface area contributed by atoms with Crippen LogP contribution in [0.15, 0.2) is 84.9 Å². The highest BCUT2D eigenvalue weighted by atomic mass is 16.5. The van der Waals surface area contributed by atoms with Gasteiger partial charge in [0.05, 0.1) is 24.2 Å². The number of piperazine rings is 1. The van der Waals surface area contributed by atoms with Crippen molar-refractivity contribution < 1.29 is 9.53 Å². The average Bonchev–Trinajstić information content (AvgIpc) is 3.35. The maximum absolute atomic E-state index is 13.7. The Morgan fingerprint density at radius 3 is 2.24 bits per heavy atom. The third kappa shape index (κ3) is 4.27. The second-order valence-corrected chi connectivity index (χ2v) is 8.48. The third-order valence-electron chi connectivity index (χ3n) is 6.27. The van der Waals surface area contributed by atoms with E-state index in [1.165, 1.54) is 5.56 Å². The van der Waals surface area contributed by atoms with E-state index < -0.39 is 0 Å². The number of hydrogen-bond acceptors (Lipinski definition) is 4. The van der Waals surface area contributed by atoms with Crippen molar-refractivity contribution >= 4 is 11.6 Å². The van der Waals surface area contributed by atoms with Crippen LogP contribution < -0.4 is 9.64 Å². The van der Waals surface area contributed by atoms with Crippen LogP contribution in [0, 0.1) is 6.92 Å². The molecule has 2 heterocycles. The number of carbonyl (C=O) groups is 1. The molecule has 0 N–H and O–H groups in total. The van der Waals surface area contributed by atoms with Gasteiger partial charge in [-0.2, -0.15) is 5.10 Å². The van der Waals surface area contributed by atoms with Crippen molar-refractivity contribution in [3.63, 3.8) is 0 Å². The number of anilines is 1. The average molecular weight is 453 g/mol. The Morgan fingerprint density at radius 2 is 1.53 bits per heavy atom. The Morgan fingerprint density at radius 1 is 0.853 bits per heavy atom. The van der Waals surface area contributed by atoms with E-state index in [0.717, 1.165) is 41.5 Å². The van der Waals surface area contributed by atoms with Gasteiger partial charge in [0.25, 0.3) is 5.91 Å². The van der Waals surface area contributed by atoms with Crippen LogP contribution in [-0.4, -0.2) is 53.9 Å². The first-order valence-electron chi connectivity index (χ1n) is 11.5. The molecule has 0 spiro atoms. The minimum absolute atomic E-state index is 0.00469. The van der Waals surface area contributed by atoms with E-state index in [4.69, 9.17) is 9.84 Å². The highest BCUT2D eigenvalue weighted by Gasteiger charge is 2.27. The Kier molecular flexibility index (Phi) is 6.04. The lowest BCUT2D eigenvalue weighted by Gasteiger charge is -2.36. The molecule has 1 aromatic heterocycles. The zero-order valence-corrected chi connectivity index (χ0v) is 19.5. The van der Waals surface area contributed by atoms with Gasteiger partial charge >= 0.3 is 0 Å². The molecule has 172 valence electrons. The van der Waals surface area contributed by atoms with Gasteiger partial charge in [0.15, 0.2) is 0 Å². The van der Waals surface area contributed by atoms with Crippen LogP contribution in [0.3, 0.4) is 0 Å². The highest BCUT2D eigenvalue weighted by molar-refractivity contribution is 5.94. The first-order chi connectivity index (χ1) is 16.6.